The molecule has 0 aromatic heterocycles. The molecule has 2 aromatic carbocycles. The average Bonchev–Trinajstić information content (AvgIpc) is 2.75. The van der Waals surface area contributed by atoms with E-state index in [0.29, 0.717) is 5.92 Å². The molecule has 5 heteroatoms. The molecule has 3 rings (SSSR count). The van der Waals surface area contributed by atoms with Crippen LogP contribution in [0.15, 0.2) is 42.5 Å². The Labute approximate surface area is 175 Å². The summed E-state index contributed by atoms with van der Waals surface area (Å²) in [6.07, 6.45) is 0. The Morgan fingerprint density at radius 3 is 2.28 bits per heavy atom. The number of benzene rings is 2. The molecule has 1 heterocycles. The number of likely N-dealkylation sites (N-methyl/N-ethyl adjacent to an activating group) is 1. The number of nitrogens with one attached hydrogen (secondary N) is 1. The third-order valence-electron chi connectivity index (χ3n) is 5.67. The minimum Gasteiger partial charge on any atom is -0.493 e. The Kier molecular flexibility index (Phi) is 7.92. The molecule has 5 nitrogen and oxygen atoms in total. The summed E-state index contributed by atoms with van der Waals surface area (Å²) in [6, 6.07) is 14.6. The van der Waals surface area contributed by atoms with E-state index in [0.717, 1.165) is 31.1 Å². The lowest BCUT2D eigenvalue weighted by Gasteiger charge is -2.34. The molecule has 1 aliphatic rings. The van der Waals surface area contributed by atoms with Gasteiger partial charge in [0.1, 0.15) is 0 Å². The number of nitrogens with zero attached hydrogens (tertiary/aromatic N) is 2. The summed E-state index contributed by atoms with van der Waals surface area (Å²) in [4.78, 5) is 4.99. The topological polar surface area (TPSA) is 37.0 Å². The fourth-order valence-electron chi connectivity index (χ4n) is 3.94. The van der Waals surface area contributed by atoms with Crippen molar-refractivity contribution in [2.24, 2.45) is 5.92 Å². The van der Waals surface area contributed by atoms with Gasteiger partial charge in [0, 0.05) is 39.3 Å². The largest absolute Gasteiger partial charge is 0.493 e. The molecule has 1 atom stereocenters. The minimum absolute atomic E-state index is 0.610. The van der Waals surface area contributed by atoms with Gasteiger partial charge in [0.05, 0.1) is 14.2 Å². The molecule has 0 amide bonds. The molecular weight excluding hydrogens is 362 g/mol. The second-order valence-corrected chi connectivity index (χ2v) is 8.07. The van der Waals surface area contributed by atoms with Gasteiger partial charge in [-0.3, -0.25) is 0 Å². The number of rotatable bonds is 9. The van der Waals surface area contributed by atoms with Crippen LogP contribution in [0.3, 0.4) is 0 Å². The van der Waals surface area contributed by atoms with E-state index in [2.05, 4.69) is 65.5 Å². The molecule has 1 N–H and O–H groups in total. The van der Waals surface area contributed by atoms with Crippen LogP contribution in [0, 0.1) is 5.92 Å². The Hall–Kier alpha value is -2.08. The SMILES string of the molecule is COc1cc(CNCC(C)CN2CCN(C)CC2)c(-c2ccccc2)cc1OC. The average molecular weight is 398 g/mol. The van der Waals surface area contributed by atoms with Crippen LogP contribution >= 0.6 is 0 Å². The molecule has 29 heavy (non-hydrogen) atoms. The smallest absolute Gasteiger partial charge is 0.161 e. The van der Waals surface area contributed by atoms with E-state index in [1.54, 1.807) is 14.2 Å². The van der Waals surface area contributed by atoms with Crippen LogP contribution in [0.25, 0.3) is 11.1 Å². The van der Waals surface area contributed by atoms with E-state index in [9.17, 15) is 0 Å². The fraction of sp³-hybridized carbons (Fsp3) is 0.500. The van der Waals surface area contributed by atoms with Crippen LogP contribution in [0.1, 0.15) is 12.5 Å². The molecule has 158 valence electrons. The molecule has 0 aliphatic carbocycles. The Balaban J connectivity index is 1.64. The van der Waals surface area contributed by atoms with E-state index in [1.807, 2.05) is 6.07 Å². The summed E-state index contributed by atoms with van der Waals surface area (Å²) >= 11 is 0. The second-order valence-electron chi connectivity index (χ2n) is 8.07. The van der Waals surface area contributed by atoms with Crippen LogP contribution < -0.4 is 14.8 Å². The quantitative estimate of drug-likeness (QED) is 0.702. The third kappa shape index (κ3) is 5.95. The van der Waals surface area contributed by atoms with E-state index in [1.165, 1.54) is 42.9 Å². The lowest BCUT2D eigenvalue weighted by atomic mass is 9.98. The van der Waals surface area contributed by atoms with E-state index < -0.39 is 0 Å². The van der Waals surface area contributed by atoms with Crippen LogP contribution in [-0.2, 0) is 6.54 Å². The molecule has 1 unspecified atom stereocenters. The number of piperazine rings is 1. The Bertz CT molecular complexity index is 758. The van der Waals surface area contributed by atoms with Crippen LogP contribution in [-0.4, -0.2) is 70.3 Å². The summed E-state index contributed by atoms with van der Waals surface area (Å²) in [6.45, 7) is 9.98. The zero-order valence-electron chi connectivity index (χ0n) is 18.3. The maximum Gasteiger partial charge on any atom is 0.161 e. The van der Waals surface area contributed by atoms with Gasteiger partial charge < -0.3 is 24.6 Å². The van der Waals surface area contributed by atoms with Crippen molar-refractivity contribution in [3.05, 3.63) is 48.0 Å². The Morgan fingerprint density at radius 2 is 1.62 bits per heavy atom. The van der Waals surface area contributed by atoms with Crippen molar-refractivity contribution in [2.75, 3.05) is 60.5 Å². The monoisotopic (exact) mass is 397 g/mol. The summed E-state index contributed by atoms with van der Waals surface area (Å²) in [5.74, 6) is 2.15. The van der Waals surface area contributed by atoms with Crippen molar-refractivity contribution in [1.82, 2.24) is 15.1 Å². The van der Waals surface area contributed by atoms with Crippen LogP contribution in [0.2, 0.25) is 0 Å². The zero-order valence-corrected chi connectivity index (χ0v) is 18.3. The molecule has 1 saturated heterocycles. The summed E-state index contributed by atoms with van der Waals surface area (Å²) < 4.78 is 11.1. The van der Waals surface area contributed by atoms with Gasteiger partial charge in [-0.05, 0) is 48.3 Å². The van der Waals surface area contributed by atoms with Gasteiger partial charge in [-0.1, -0.05) is 37.3 Å². The zero-order chi connectivity index (χ0) is 20.6. The van der Waals surface area contributed by atoms with Gasteiger partial charge >= 0.3 is 0 Å². The summed E-state index contributed by atoms with van der Waals surface area (Å²) in [7, 11) is 5.58. The first-order valence-corrected chi connectivity index (χ1v) is 10.5. The Morgan fingerprint density at radius 1 is 0.966 bits per heavy atom. The van der Waals surface area contributed by atoms with Crippen molar-refractivity contribution in [3.63, 3.8) is 0 Å². The van der Waals surface area contributed by atoms with Crippen molar-refractivity contribution in [3.8, 4) is 22.6 Å². The highest BCUT2D eigenvalue weighted by molar-refractivity contribution is 5.71. The molecule has 0 radical (unpaired) electrons. The highest BCUT2D eigenvalue weighted by Gasteiger charge is 2.17. The molecule has 1 aliphatic heterocycles. The summed E-state index contributed by atoms with van der Waals surface area (Å²) in [5.41, 5.74) is 3.60. The minimum atomic E-state index is 0.610. The van der Waals surface area contributed by atoms with Gasteiger partial charge in [0.25, 0.3) is 0 Å². The van der Waals surface area contributed by atoms with Gasteiger partial charge in [-0.25, -0.2) is 0 Å². The highest BCUT2D eigenvalue weighted by Crippen LogP contribution is 2.35. The predicted molar refractivity (Wildman–Crippen MR) is 120 cm³/mol. The maximum absolute atomic E-state index is 5.54. The lowest BCUT2D eigenvalue weighted by molar-refractivity contribution is 0.138. The molecule has 1 fully saturated rings. The molecule has 0 spiro atoms. The first-order valence-electron chi connectivity index (χ1n) is 10.5. The van der Waals surface area contributed by atoms with Crippen molar-refractivity contribution < 1.29 is 9.47 Å². The molecular formula is C24H35N3O2. The van der Waals surface area contributed by atoms with Crippen LogP contribution in [0.4, 0.5) is 0 Å². The van der Waals surface area contributed by atoms with Crippen molar-refractivity contribution in [2.45, 2.75) is 13.5 Å². The second kappa shape index (κ2) is 10.6. The molecule has 0 bridgehead atoms. The predicted octanol–water partition coefficient (Wildman–Crippen LogP) is 3.34. The standard InChI is InChI=1S/C24H35N3O2/c1-19(18-27-12-10-26(2)11-13-27)16-25-17-21-14-23(28-3)24(29-4)15-22(21)20-8-6-5-7-9-20/h5-9,14-15,19,25H,10-13,16-18H2,1-4H3. The highest BCUT2D eigenvalue weighted by atomic mass is 16.5. The third-order valence-corrected chi connectivity index (χ3v) is 5.67. The van der Waals surface area contributed by atoms with Gasteiger partial charge in [0.15, 0.2) is 11.5 Å². The lowest BCUT2D eigenvalue weighted by Crippen LogP contribution is -2.46. The van der Waals surface area contributed by atoms with Gasteiger partial charge in [0.2, 0.25) is 0 Å². The maximum atomic E-state index is 5.54. The molecule has 2 aromatic rings. The first-order chi connectivity index (χ1) is 14.1. The van der Waals surface area contributed by atoms with Gasteiger partial charge in [-0.2, -0.15) is 0 Å². The van der Waals surface area contributed by atoms with Crippen LogP contribution in [0.5, 0.6) is 11.5 Å². The summed E-state index contributed by atoms with van der Waals surface area (Å²) in [5, 5.41) is 3.67. The van der Waals surface area contributed by atoms with E-state index in [-0.39, 0.29) is 0 Å². The number of ether oxygens (including phenoxy) is 2. The van der Waals surface area contributed by atoms with Crippen molar-refractivity contribution >= 4 is 0 Å². The fourth-order valence-corrected chi connectivity index (χ4v) is 3.94. The van der Waals surface area contributed by atoms with Crippen molar-refractivity contribution in [1.29, 1.82) is 0 Å². The number of hydrogen-bond donors (Lipinski definition) is 1. The number of hydrogen-bond acceptors (Lipinski definition) is 5. The normalized spacial score (nSPS) is 16.6. The van der Waals surface area contributed by atoms with E-state index in [4.69, 9.17) is 9.47 Å². The van der Waals surface area contributed by atoms with E-state index >= 15 is 0 Å². The number of methoxy groups -OCH3 is 2. The van der Waals surface area contributed by atoms with Gasteiger partial charge in [-0.15, -0.1) is 0 Å². The first kappa shape index (κ1) is 21.6. The molecule has 0 saturated carbocycles.